The SMILES string of the molecule is COc1cccc2[nH]c(C(=O)N[C@@H](CC(C)C)C(=O)N[C@@H](C[C@@H]3CCNC3=O)C(=O)COC(=O)C3CCN(C)CC3)cc12.O=C(O)C(F)(F)F. The van der Waals surface area contributed by atoms with Crippen LogP contribution in [0.5, 0.6) is 5.75 Å². The van der Waals surface area contributed by atoms with E-state index in [1.54, 1.807) is 25.3 Å². The highest BCUT2D eigenvalue weighted by molar-refractivity contribution is 6.02. The largest absolute Gasteiger partial charge is 0.496 e. The molecule has 17 heteroatoms. The summed E-state index contributed by atoms with van der Waals surface area (Å²) in [5.41, 5.74) is 0.974. The number of ether oxygens (including phenoxy) is 2. The van der Waals surface area contributed by atoms with Crippen molar-refractivity contribution in [1.29, 1.82) is 0 Å². The number of piperidine rings is 1. The van der Waals surface area contributed by atoms with Gasteiger partial charge in [-0.2, -0.15) is 13.2 Å². The van der Waals surface area contributed by atoms with Gasteiger partial charge in [0.05, 0.1) is 19.1 Å². The highest BCUT2D eigenvalue weighted by Gasteiger charge is 2.38. The number of halogens is 3. The fourth-order valence-electron chi connectivity index (χ4n) is 5.67. The molecule has 0 spiro atoms. The number of rotatable bonds is 13. The second kappa shape index (κ2) is 17.8. The number of aromatic amines is 1. The zero-order valence-corrected chi connectivity index (χ0v) is 28.4. The summed E-state index contributed by atoms with van der Waals surface area (Å²) >= 11 is 0. The van der Waals surface area contributed by atoms with Gasteiger partial charge in [-0.3, -0.25) is 24.0 Å². The van der Waals surface area contributed by atoms with Crippen LogP contribution in [0.25, 0.3) is 10.9 Å². The number of aromatic nitrogens is 1. The molecule has 1 aromatic carbocycles. The van der Waals surface area contributed by atoms with Gasteiger partial charge < -0.3 is 40.4 Å². The number of ketones is 1. The normalized spacial score (nSPS) is 18.0. The summed E-state index contributed by atoms with van der Waals surface area (Å²) in [6.07, 6.45) is -2.84. The lowest BCUT2D eigenvalue weighted by Crippen LogP contribution is -2.53. The molecule has 3 atom stereocenters. The fourth-order valence-corrected chi connectivity index (χ4v) is 5.67. The van der Waals surface area contributed by atoms with Crippen molar-refractivity contribution >= 4 is 46.3 Å². The number of likely N-dealkylation sites (tertiary alicyclic amines) is 1. The number of alkyl halides is 3. The topological polar surface area (TPSA) is 196 Å². The molecule has 2 aromatic rings. The zero-order valence-electron chi connectivity index (χ0n) is 28.4. The Hall–Kier alpha value is -4.67. The summed E-state index contributed by atoms with van der Waals surface area (Å²) in [5, 5.41) is 16.2. The molecule has 2 aliphatic heterocycles. The Bertz CT molecular complexity index is 1540. The molecule has 0 aliphatic carbocycles. The summed E-state index contributed by atoms with van der Waals surface area (Å²) in [6, 6.07) is 5.08. The van der Waals surface area contributed by atoms with Crippen LogP contribution in [0.4, 0.5) is 13.2 Å². The molecule has 3 amide bonds. The number of carbonyl (C=O) groups excluding carboxylic acids is 5. The molecule has 0 radical (unpaired) electrons. The van der Waals surface area contributed by atoms with Crippen molar-refractivity contribution in [3.8, 4) is 5.75 Å². The lowest BCUT2D eigenvalue weighted by Gasteiger charge is -2.28. The van der Waals surface area contributed by atoms with Crippen LogP contribution in [-0.2, 0) is 28.7 Å². The van der Waals surface area contributed by atoms with E-state index in [2.05, 4.69) is 25.8 Å². The Morgan fingerprint density at radius 2 is 1.72 bits per heavy atom. The number of benzene rings is 1. The highest BCUT2D eigenvalue weighted by atomic mass is 19.4. The van der Waals surface area contributed by atoms with Crippen molar-refractivity contribution in [1.82, 2.24) is 25.8 Å². The monoisotopic (exact) mass is 711 g/mol. The van der Waals surface area contributed by atoms with Crippen LogP contribution < -0.4 is 20.7 Å². The van der Waals surface area contributed by atoms with E-state index in [1.165, 1.54) is 0 Å². The number of methoxy groups -OCH3 is 1. The Morgan fingerprint density at radius 3 is 2.28 bits per heavy atom. The van der Waals surface area contributed by atoms with Gasteiger partial charge in [-0.15, -0.1) is 0 Å². The second-order valence-electron chi connectivity index (χ2n) is 12.8. The molecule has 2 fully saturated rings. The number of esters is 1. The minimum atomic E-state index is -5.08. The van der Waals surface area contributed by atoms with E-state index in [0.717, 1.165) is 18.5 Å². The number of H-pyrrole nitrogens is 1. The molecule has 0 unspecified atom stereocenters. The molecule has 2 saturated heterocycles. The predicted molar refractivity (Wildman–Crippen MR) is 173 cm³/mol. The number of fused-ring (bicyclic) bond motifs is 1. The van der Waals surface area contributed by atoms with Crippen LogP contribution in [0.15, 0.2) is 24.3 Å². The van der Waals surface area contributed by atoms with Crippen molar-refractivity contribution in [3.63, 3.8) is 0 Å². The van der Waals surface area contributed by atoms with E-state index >= 15 is 0 Å². The van der Waals surface area contributed by atoms with Gasteiger partial charge in [-0.25, -0.2) is 4.79 Å². The van der Waals surface area contributed by atoms with Crippen LogP contribution in [0.1, 0.15) is 56.4 Å². The number of hydrogen-bond acceptors (Lipinski definition) is 9. The van der Waals surface area contributed by atoms with Crippen LogP contribution in [0, 0.1) is 17.8 Å². The number of hydrogen-bond donors (Lipinski definition) is 5. The first-order chi connectivity index (χ1) is 23.5. The first kappa shape index (κ1) is 39.8. The van der Waals surface area contributed by atoms with Gasteiger partial charge in [0.1, 0.15) is 17.5 Å². The fraction of sp³-hybridized carbons (Fsp3) is 0.576. The van der Waals surface area contributed by atoms with Crippen molar-refractivity contribution < 1.29 is 56.5 Å². The quantitative estimate of drug-likeness (QED) is 0.193. The van der Waals surface area contributed by atoms with Gasteiger partial charge >= 0.3 is 18.1 Å². The molecule has 276 valence electrons. The second-order valence-corrected chi connectivity index (χ2v) is 12.8. The lowest BCUT2D eigenvalue weighted by atomic mass is 9.95. The van der Waals surface area contributed by atoms with Crippen LogP contribution in [-0.4, -0.2) is 109 Å². The Balaban J connectivity index is 0.000000872. The molecule has 4 rings (SSSR count). The molecule has 5 N–H and O–H groups in total. The molecule has 1 aromatic heterocycles. The average Bonchev–Trinajstić information content (AvgIpc) is 3.68. The Kier molecular flexibility index (Phi) is 14.2. The standard InChI is InChI=1S/C31H43N5O7.C2HF3O2/c1-18(2)14-24(35-30(40)25-16-21-22(33-25)6-5-7-27(21)42-4)29(39)34-23(15-20-8-11-32-28(20)38)26(37)17-43-31(41)19-9-12-36(3)13-10-19;3-2(4,5)1(6)7/h5-7,16,18-20,23-24,33H,8-15,17H2,1-4H3,(H,32,38)(H,34,39)(H,35,40);(H,6,7)/t20-,23-,24-;/m0./s1. The smallest absolute Gasteiger partial charge is 0.490 e. The number of amides is 3. The van der Waals surface area contributed by atoms with Crippen molar-refractivity contribution in [2.24, 2.45) is 17.8 Å². The van der Waals surface area contributed by atoms with E-state index in [9.17, 15) is 37.1 Å². The maximum Gasteiger partial charge on any atom is 0.490 e. The zero-order chi connectivity index (χ0) is 37.2. The average molecular weight is 712 g/mol. The molecule has 0 saturated carbocycles. The first-order valence-electron chi connectivity index (χ1n) is 16.2. The maximum absolute atomic E-state index is 13.6. The van der Waals surface area contributed by atoms with Crippen LogP contribution in [0.2, 0.25) is 0 Å². The summed E-state index contributed by atoms with van der Waals surface area (Å²) in [4.78, 5) is 79.2. The summed E-state index contributed by atoms with van der Waals surface area (Å²) < 4.78 is 42.5. The van der Waals surface area contributed by atoms with Crippen LogP contribution >= 0.6 is 0 Å². The van der Waals surface area contributed by atoms with Gasteiger partial charge in [-0.05, 0) is 76.4 Å². The molecular formula is C33H44F3N5O9. The highest BCUT2D eigenvalue weighted by Crippen LogP contribution is 2.26. The first-order valence-corrected chi connectivity index (χ1v) is 16.2. The minimum Gasteiger partial charge on any atom is -0.496 e. The molecule has 0 bridgehead atoms. The number of carbonyl (C=O) groups is 6. The number of nitrogens with zero attached hydrogens (tertiary/aromatic N) is 1. The number of aliphatic carboxylic acids is 1. The van der Waals surface area contributed by atoms with E-state index in [-0.39, 0.29) is 29.9 Å². The van der Waals surface area contributed by atoms with Gasteiger partial charge in [-0.1, -0.05) is 19.9 Å². The number of carboxylic acids is 1. The third-order valence-corrected chi connectivity index (χ3v) is 8.46. The Morgan fingerprint density at radius 1 is 1.06 bits per heavy atom. The molecule has 2 aliphatic rings. The predicted octanol–water partition coefficient (Wildman–Crippen LogP) is 2.42. The van der Waals surface area contributed by atoms with Gasteiger partial charge in [0.2, 0.25) is 11.8 Å². The van der Waals surface area contributed by atoms with Gasteiger partial charge in [0, 0.05) is 23.4 Å². The number of nitrogens with one attached hydrogen (secondary N) is 4. The molecular weight excluding hydrogens is 667 g/mol. The summed E-state index contributed by atoms with van der Waals surface area (Å²) in [6.45, 7) is 5.40. The van der Waals surface area contributed by atoms with Crippen LogP contribution in [0.3, 0.4) is 0 Å². The molecule has 14 nitrogen and oxygen atoms in total. The summed E-state index contributed by atoms with van der Waals surface area (Å²) in [5.74, 6) is -4.97. The van der Waals surface area contributed by atoms with E-state index in [0.29, 0.717) is 43.5 Å². The maximum atomic E-state index is 13.6. The lowest BCUT2D eigenvalue weighted by molar-refractivity contribution is -0.192. The Labute approximate surface area is 286 Å². The number of carboxylic acid groups (broad SMARTS) is 1. The van der Waals surface area contributed by atoms with Gasteiger partial charge in [0.15, 0.2) is 12.4 Å². The number of Topliss-reactive ketones (excluding diaryl/α,β-unsaturated/α-hetero) is 1. The van der Waals surface area contributed by atoms with Gasteiger partial charge in [0.25, 0.3) is 5.91 Å². The van der Waals surface area contributed by atoms with E-state index in [1.807, 2.05) is 27.0 Å². The molecule has 50 heavy (non-hydrogen) atoms. The van der Waals surface area contributed by atoms with Crippen molar-refractivity contribution in [3.05, 3.63) is 30.0 Å². The van der Waals surface area contributed by atoms with Crippen molar-refractivity contribution in [2.75, 3.05) is 40.4 Å². The third-order valence-electron chi connectivity index (χ3n) is 8.46. The molecule has 3 heterocycles. The van der Waals surface area contributed by atoms with Crippen molar-refractivity contribution in [2.45, 2.75) is 64.2 Å². The van der Waals surface area contributed by atoms with E-state index < -0.39 is 60.3 Å². The third kappa shape index (κ3) is 11.5. The summed E-state index contributed by atoms with van der Waals surface area (Å²) in [7, 11) is 3.54. The van der Waals surface area contributed by atoms with E-state index in [4.69, 9.17) is 19.4 Å². The minimum absolute atomic E-state index is 0.0455.